The van der Waals surface area contributed by atoms with Crippen LogP contribution in [-0.2, 0) is 23.0 Å². The van der Waals surface area contributed by atoms with Crippen molar-refractivity contribution in [3.05, 3.63) is 45.6 Å². The van der Waals surface area contributed by atoms with E-state index in [1.807, 2.05) is 25.1 Å². The SMILES string of the molecule is [3H]c1ccc(CC[C@](C)(O)[C@H]2C[C@@]34CC[C@]2(OC)[C@@H]2Oc5c(O)c([3H])cc6c5[C@@]23CCN(CC2CC2)[C@@H]4C6)s1. The van der Waals surface area contributed by atoms with Crippen LogP contribution in [0.25, 0.3) is 0 Å². The number of nitrogens with zero attached hydrogens (tertiary/aromatic N) is 1. The molecule has 2 spiro atoms. The van der Waals surface area contributed by atoms with Crippen molar-refractivity contribution in [2.75, 3.05) is 20.2 Å². The second-order valence-electron chi connectivity index (χ2n) is 13.2. The van der Waals surface area contributed by atoms with Crippen molar-refractivity contribution in [2.24, 2.45) is 17.3 Å². The number of hydrogen-bond acceptors (Lipinski definition) is 6. The van der Waals surface area contributed by atoms with E-state index in [2.05, 4.69) is 4.90 Å². The highest BCUT2D eigenvalue weighted by Gasteiger charge is 2.81. The van der Waals surface area contributed by atoms with Gasteiger partial charge in [0, 0.05) is 46.9 Å². The Morgan fingerprint density at radius 2 is 2.16 bits per heavy atom. The number of hydrogen-bond donors (Lipinski definition) is 2. The van der Waals surface area contributed by atoms with E-state index >= 15 is 0 Å². The number of aryl methyl sites for hydroxylation is 1. The zero-order valence-corrected chi connectivity index (χ0v) is 22.7. The lowest BCUT2D eigenvalue weighted by Gasteiger charge is -2.75. The minimum Gasteiger partial charge on any atom is -0.504 e. The van der Waals surface area contributed by atoms with E-state index in [1.165, 1.54) is 29.7 Å². The van der Waals surface area contributed by atoms with E-state index in [4.69, 9.17) is 12.2 Å². The number of aliphatic hydroxyl groups is 1. The topological polar surface area (TPSA) is 62.2 Å². The van der Waals surface area contributed by atoms with Crippen molar-refractivity contribution < 1.29 is 22.4 Å². The van der Waals surface area contributed by atoms with Gasteiger partial charge < -0.3 is 19.7 Å². The van der Waals surface area contributed by atoms with Crippen LogP contribution in [0.2, 0.25) is 0 Å². The number of methoxy groups -OCH3 is 1. The minimum atomic E-state index is -0.978. The molecule has 37 heavy (non-hydrogen) atoms. The Morgan fingerprint density at radius 3 is 2.92 bits per heavy atom. The molecule has 0 amide bonds. The van der Waals surface area contributed by atoms with Crippen molar-refractivity contribution >= 4 is 11.3 Å². The van der Waals surface area contributed by atoms with Crippen LogP contribution in [0.5, 0.6) is 11.5 Å². The maximum absolute atomic E-state index is 12.3. The molecule has 198 valence electrons. The molecule has 0 radical (unpaired) electrons. The Balaban J connectivity index is 1.27. The lowest BCUT2D eigenvalue weighted by molar-refractivity contribution is -0.302. The quantitative estimate of drug-likeness (QED) is 0.529. The summed E-state index contributed by atoms with van der Waals surface area (Å²) in [6.07, 6.45) is 8.31. The standard InChI is InChI=1S/C31H39NO4S/c1-28(34,10-9-21-4-3-15-37-21)23-17-29-11-12-31(23,35-2)27-30(29)13-14-32(18-19-5-6-19)24(29)16-20-7-8-22(33)26(36-27)25(20)30/h3-4,7-8,15,19,23-24,27,33-34H,5-6,9-14,16-18H2,1-2H3/t23-,24-,27-,28+,29-,30+,31-/m1/s1/i8T,15T. The summed E-state index contributed by atoms with van der Waals surface area (Å²) in [6, 6.07) is 6.24. The molecule has 7 atom stereocenters. The predicted molar refractivity (Wildman–Crippen MR) is 143 cm³/mol. The first kappa shape index (κ1) is 21.2. The molecule has 2 aromatic rings. The minimum absolute atomic E-state index is 0.0376. The van der Waals surface area contributed by atoms with Crippen LogP contribution in [0.3, 0.4) is 0 Å². The van der Waals surface area contributed by atoms with Gasteiger partial charge in [-0.15, -0.1) is 11.3 Å². The van der Waals surface area contributed by atoms with Crippen molar-refractivity contribution in [1.82, 2.24) is 4.90 Å². The average Bonchev–Trinajstić information content (AvgIpc) is 3.51. The monoisotopic (exact) mass is 525 g/mol. The zero-order valence-electron chi connectivity index (χ0n) is 23.9. The number of fused-ring (bicyclic) bond motifs is 2. The molecule has 5 aliphatic carbocycles. The highest BCUT2D eigenvalue weighted by molar-refractivity contribution is 7.09. The molecule has 1 saturated heterocycles. The first-order valence-corrected chi connectivity index (χ1v) is 15.1. The smallest absolute Gasteiger partial charge is 0.165 e. The Kier molecular flexibility index (Phi) is 4.32. The Hall–Kier alpha value is -1.60. The highest BCUT2D eigenvalue weighted by Crippen LogP contribution is 2.77. The lowest BCUT2D eigenvalue weighted by atomic mass is 9.33. The van der Waals surface area contributed by atoms with Crippen molar-refractivity contribution in [3.63, 3.8) is 0 Å². The van der Waals surface area contributed by atoms with Gasteiger partial charge in [-0.1, -0.05) is 12.1 Å². The number of rotatable bonds is 7. The average molecular weight is 526 g/mol. The third-order valence-electron chi connectivity index (χ3n) is 11.7. The molecule has 1 aromatic heterocycles. The van der Waals surface area contributed by atoms with Gasteiger partial charge >= 0.3 is 0 Å². The number of thiophene rings is 1. The van der Waals surface area contributed by atoms with Crippen LogP contribution in [0, 0.1) is 17.3 Å². The summed E-state index contributed by atoms with van der Waals surface area (Å²) in [5.41, 5.74) is 0.355. The van der Waals surface area contributed by atoms with Crippen molar-refractivity contribution in [1.29, 1.82) is 0 Å². The third-order valence-corrected chi connectivity index (χ3v) is 12.6. The summed E-state index contributed by atoms with van der Waals surface area (Å²) in [7, 11) is 1.79. The molecule has 2 N–H and O–H groups in total. The number of piperidine rings is 1. The van der Waals surface area contributed by atoms with E-state index < -0.39 is 11.2 Å². The second kappa shape index (κ2) is 7.53. The van der Waals surface area contributed by atoms with E-state index in [9.17, 15) is 10.2 Å². The Morgan fingerprint density at radius 1 is 1.30 bits per heavy atom. The fourth-order valence-electron chi connectivity index (χ4n) is 10.0. The van der Waals surface area contributed by atoms with Gasteiger partial charge in [0.05, 0.1) is 8.34 Å². The molecule has 4 bridgehead atoms. The van der Waals surface area contributed by atoms with Gasteiger partial charge in [0.25, 0.3) is 0 Å². The highest BCUT2D eigenvalue weighted by atomic mass is 32.1. The zero-order chi connectivity index (χ0) is 26.9. The summed E-state index contributed by atoms with van der Waals surface area (Å²) in [5.74, 6) is 1.16. The molecule has 7 aliphatic rings. The van der Waals surface area contributed by atoms with Crippen molar-refractivity contribution in [2.45, 2.75) is 93.5 Å². The largest absolute Gasteiger partial charge is 0.504 e. The van der Waals surface area contributed by atoms with E-state index in [0.29, 0.717) is 23.6 Å². The fraction of sp³-hybridized carbons (Fsp3) is 0.677. The second-order valence-corrected chi connectivity index (χ2v) is 14.2. The lowest BCUT2D eigenvalue weighted by Crippen LogP contribution is -2.82. The van der Waals surface area contributed by atoms with Gasteiger partial charge in [0.15, 0.2) is 11.5 Å². The van der Waals surface area contributed by atoms with Gasteiger partial charge in [0.1, 0.15) is 11.7 Å². The Bertz CT molecular complexity index is 1360. The molecule has 4 saturated carbocycles. The van der Waals surface area contributed by atoms with Crippen LogP contribution in [0.1, 0.15) is 70.6 Å². The van der Waals surface area contributed by atoms with Gasteiger partial charge in [-0.25, -0.2) is 0 Å². The first-order valence-electron chi connectivity index (χ1n) is 15.2. The number of likely N-dealkylation sites (tertiary alicyclic amines) is 1. The number of ether oxygens (including phenoxy) is 2. The maximum atomic E-state index is 12.3. The predicted octanol–water partition coefficient (Wildman–Crippen LogP) is 5.06. The summed E-state index contributed by atoms with van der Waals surface area (Å²) < 4.78 is 29.9. The number of phenolic OH excluding ortho intramolecular Hbond substituents is 1. The molecule has 2 aliphatic heterocycles. The molecular weight excluding hydrogens is 482 g/mol. The van der Waals surface area contributed by atoms with E-state index in [0.717, 1.165) is 68.0 Å². The third kappa shape index (κ3) is 2.81. The number of phenols is 1. The van der Waals surface area contributed by atoms with Crippen LogP contribution >= 0.6 is 11.3 Å². The van der Waals surface area contributed by atoms with Gasteiger partial charge in [-0.3, -0.25) is 4.90 Å². The summed E-state index contributed by atoms with van der Waals surface area (Å²) in [4.78, 5) is 3.89. The number of benzene rings is 1. The molecule has 3 heterocycles. The van der Waals surface area contributed by atoms with E-state index in [1.54, 1.807) is 7.11 Å². The van der Waals surface area contributed by atoms with Crippen LogP contribution < -0.4 is 4.74 Å². The van der Waals surface area contributed by atoms with Crippen LogP contribution in [-0.4, -0.2) is 58.7 Å². The van der Waals surface area contributed by atoms with Gasteiger partial charge in [-0.05, 0) is 100 Å². The van der Waals surface area contributed by atoms with Crippen LogP contribution in [0.15, 0.2) is 29.6 Å². The summed E-state index contributed by atoms with van der Waals surface area (Å²) in [6.45, 7) is 4.16. The Labute approximate surface area is 226 Å². The molecule has 6 heteroatoms. The molecule has 1 aromatic carbocycles. The summed E-state index contributed by atoms with van der Waals surface area (Å²) in [5, 5.41) is 24.0. The number of aromatic hydroxyl groups is 1. The molecular formula is C31H39NO4S. The van der Waals surface area contributed by atoms with E-state index in [-0.39, 0.29) is 34.6 Å². The maximum Gasteiger partial charge on any atom is 0.165 e. The molecule has 5 nitrogen and oxygen atoms in total. The molecule has 0 unspecified atom stereocenters. The molecule has 5 fully saturated rings. The normalized spacial score (nSPS) is 41.5. The summed E-state index contributed by atoms with van der Waals surface area (Å²) >= 11 is 1.49. The van der Waals surface area contributed by atoms with Gasteiger partial charge in [0.2, 0.25) is 0 Å². The first-order chi connectivity index (χ1) is 18.6. The van der Waals surface area contributed by atoms with Crippen LogP contribution in [0.4, 0.5) is 0 Å². The molecule has 9 rings (SSSR count). The van der Waals surface area contributed by atoms with Crippen molar-refractivity contribution in [3.8, 4) is 11.5 Å². The van der Waals surface area contributed by atoms with Gasteiger partial charge in [-0.2, -0.15) is 0 Å². The fourth-order valence-corrected chi connectivity index (χ4v) is 10.6.